The van der Waals surface area contributed by atoms with E-state index in [2.05, 4.69) is 5.32 Å². The number of benzene rings is 2. The number of carbonyl (C=O) groups excluding carboxylic acids is 5. The highest BCUT2D eigenvalue weighted by Gasteiger charge is 2.47. The highest BCUT2D eigenvalue weighted by Crippen LogP contribution is 2.29. The lowest BCUT2D eigenvalue weighted by molar-refractivity contribution is -0.152. The van der Waals surface area contributed by atoms with Crippen LogP contribution >= 0.6 is 12.4 Å². The molecule has 17 heteroatoms. The summed E-state index contributed by atoms with van der Waals surface area (Å²) in [5, 5.41) is 2.70. The molecular weight excluding hydrogens is 872 g/mol. The Bertz CT molecular complexity index is 1780. The number of amides is 3. The fraction of sp³-hybridized carbons (Fsp3) is 0.653. The van der Waals surface area contributed by atoms with Crippen molar-refractivity contribution >= 4 is 42.3 Å². The van der Waals surface area contributed by atoms with Crippen LogP contribution in [-0.2, 0) is 65.5 Å². The number of nitrogens with two attached hydrogens (primary N) is 1. The molecule has 4 rings (SSSR count). The van der Waals surface area contributed by atoms with E-state index < -0.39 is 58.6 Å². The second kappa shape index (κ2) is 27.5. The molecule has 2 aromatic carbocycles. The fourth-order valence-corrected chi connectivity index (χ4v) is 7.18. The summed E-state index contributed by atoms with van der Waals surface area (Å²) >= 11 is 0. The first-order valence-corrected chi connectivity index (χ1v) is 22.5. The third-order valence-electron chi connectivity index (χ3n) is 10.8. The number of ether oxygens (including phenoxy) is 7. The largest absolute Gasteiger partial charge is 0.467 e. The molecule has 2 aliphatic rings. The number of rotatable bonds is 19. The molecule has 3 amide bonds. The van der Waals surface area contributed by atoms with Gasteiger partial charge in [0.2, 0.25) is 11.8 Å². The van der Waals surface area contributed by atoms with Crippen molar-refractivity contribution in [2.45, 2.75) is 143 Å². The number of hydrogen-bond acceptors (Lipinski definition) is 13. The first kappa shape index (κ1) is 57.8. The Morgan fingerprint density at radius 2 is 1.05 bits per heavy atom. The molecule has 0 aliphatic carbocycles. The summed E-state index contributed by atoms with van der Waals surface area (Å²) < 4.78 is 38.4. The van der Waals surface area contributed by atoms with Gasteiger partial charge in [0.25, 0.3) is 0 Å². The Morgan fingerprint density at radius 3 is 1.41 bits per heavy atom. The van der Waals surface area contributed by atoms with E-state index in [-0.39, 0.29) is 43.0 Å². The van der Waals surface area contributed by atoms with Crippen LogP contribution in [0.2, 0.25) is 0 Å². The van der Waals surface area contributed by atoms with Crippen molar-refractivity contribution in [2.75, 3.05) is 53.7 Å². The predicted octanol–water partition coefficient (Wildman–Crippen LogP) is 6.24. The summed E-state index contributed by atoms with van der Waals surface area (Å²) in [4.78, 5) is 66.5. The van der Waals surface area contributed by atoms with Crippen LogP contribution in [0.4, 0.5) is 4.79 Å². The van der Waals surface area contributed by atoms with Gasteiger partial charge >= 0.3 is 18.0 Å². The van der Waals surface area contributed by atoms with E-state index in [0.717, 1.165) is 17.5 Å². The minimum absolute atomic E-state index is 0. The van der Waals surface area contributed by atoms with Crippen molar-refractivity contribution in [1.29, 1.82) is 0 Å². The van der Waals surface area contributed by atoms with Gasteiger partial charge in [-0.15, -0.1) is 12.4 Å². The Kier molecular flexibility index (Phi) is 24.1. The van der Waals surface area contributed by atoms with Crippen LogP contribution in [0.3, 0.4) is 0 Å². The molecule has 6 atom stereocenters. The number of likely N-dealkylation sites (tertiary alicyclic amines) is 2. The van der Waals surface area contributed by atoms with Gasteiger partial charge in [-0.25, -0.2) is 14.4 Å². The summed E-state index contributed by atoms with van der Waals surface area (Å²) in [6.45, 7) is 20.3. The number of halogens is 1. The van der Waals surface area contributed by atoms with Gasteiger partial charge in [0.05, 0.1) is 45.7 Å². The zero-order chi connectivity index (χ0) is 48.4. The highest BCUT2D eigenvalue weighted by atomic mass is 35.5. The van der Waals surface area contributed by atoms with Gasteiger partial charge in [0, 0.05) is 52.4 Å². The maximum absolute atomic E-state index is 13.6. The molecule has 372 valence electrons. The average Bonchev–Trinajstić information content (AvgIpc) is 3.89. The summed E-state index contributed by atoms with van der Waals surface area (Å²) in [5.41, 5.74) is 6.64. The quantitative estimate of drug-likeness (QED) is 0.0914. The number of methoxy groups -OCH3 is 2. The van der Waals surface area contributed by atoms with Crippen molar-refractivity contribution in [3.63, 3.8) is 0 Å². The Hall–Kier alpha value is -4.32. The van der Waals surface area contributed by atoms with E-state index in [4.69, 9.17) is 38.9 Å². The molecule has 16 nitrogen and oxygen atoms in total. The average molecular weight is 950 g/mol. The standard InChI is InChI=1S/C27H42N2O7.C22H34N2O5.ClH/c1-26(2,3)22(28-25(32)36-27(4,5)6)23(30)29-17-20(16-21(29)24(31)33-7)35-15-11-14-34-18-19-12-9-8-10-13-19;1-22(2,3)19(23)20(25)24-14-17(13-18(24)21(26)27-4)29-12-8-11-28-15-16-9-6-5-7-10-16;/h8-10,12-13,20-22H,11,14-18H2,1-7H3,(H,28,32);5-7,9-10,17-19H,8,11-15,23H2,1-4H3;1H/t20-,21-,22+;17-,18-,19+;/m00./s1. The second-order valence-corrected chi connectivity index (χ2v) is 19.6. The van der Waals surface area contributed by atoms with E-state index in [1.165, 1.54) is 24.0 Å². The lowest BCUT2D eigenvalue weighted by atomic mass is 9.85. The van der Waals surface area contributed by atoms with Gasteiger partial charge in [-0.1, -0.05) is 102 Å². The van der Waals surface area contributed by atoms with Crippen LogP contribution in [-0.4, -0.2) is 135 Å². The summed E-state index contributed by atoms with van der Waals surface area (Å²) in [7, 11) is 2.62. The molecule has 0 aromatic heterocycles. The van der Waals surface area contributed by atoms with Gasteiger partial charge in [-0.05, 0) is 55.6 Å². The Morgan fingerprint density at radius 1 is 0.636 bits per heavy atom. The molecule has 0 saturated carbocycles. The molecule has 0 radical (unpaired) electrons. The number of alkyl carbamates (subject to hydrolysis) is 1. The van der Waals surface area contributed by atoms with Gasteiger partial charge < -0.3 is 54.0 Å². The number of hydrogen-bond donors (Lipinski definition) is 2. The van der Waals surface area contributed by atoms with E-state index in [1.54, 1.807) is 20.8 Å². The summed E-state index contributed by atoms with van der Waals surface area (Å²) in [6, 6.07) is 16.9. The van der Waals surface area contributed by atoms with Gasteiger partial charge in [-0.3, -0.25) is 9.59 Å². The number of nitrogens with zero attached hydrogens (tertiary/aromatic N) is 2. The van der Waals surface area contributed by atoms with E-state index in [1.807, 2.05) is 102 Å². The Balaban J connectivity index is 0.000000457. The smallest absolute Gasteiger partial charge is 0.408 e. The van der Waals surface area contributed by atoms with E-state index >= 15 is 0 Å². The number of carbonyl (C=O) groups is 5. The molecule has 2 fully saturated rings. The van der Waals surface area contributed by atoms with Gasteiger partial charge in [0.1, 0.15) is 23.7 Å². The molecule has 66 heavy (non-hydrogen) atoms. The Labute approximate surface area is 398 Å². The van der Waals surface area contributed by atoms with Crippen LogP contribution in [0.5, 0.6) is 0 Å². The molecule has 2 aliphatic heterocycles. The first-order valence-electron chi connectivity index (χ1n) is 22.5. The minimum atomic E-state index is -0.898. The highest BCUT2D eigenvalue weighted by molar-refractivity contribution is 5.91. The molecule has 3 N–H and O–H groups in total. The van der Waals surface area contributed by atoms with E-state index in [0.29, 0.717) is 65.4 Å². The topological polar surface area (TPSA) is 194 Å². The summed E-state index contributed by atoms with van der Waals surface area (Å²) in [6.07, 6.45) is 0.936. The van der Waals surface area contributed by atoms with Crippen molar-refractivity contribution in [3.05, 3.63) is 71.8 Å². The molecule has 2 heterocycles. The van der Waals surface area contributed by atoms with Crippen molar-refractivity contribution in [2.24, 2.45) is 16.6 Å². The van der Waals surface area contributed by atoms with E-state index in [9.17, 15) is 24.0 Å². The second-order valence-electron chi connectivity index (χ2n) is 19.6. The SMILES string of the molecule is COC(=O)[C@@H]1C[C@H](OCCCOCc2ccccc2)CN1C(=O)[C@@H](N)C(C)(C)C.COC(=O)[C@@H]1C[C@H](OCCCOCc2ccccc2)CN1C(=O)[C@@H](NC(=O)OC(C)(C)C)C(C)(C)C.Cl. The van der Waals surface area contributed by atoms with Crippen molar-refractivity contribution in [1.82, 2.24) is 15.1 Å². The predicted molar refractivity (Wildman–Crippen MR) is 252 cm³/mol. The van der Waals surface area contributed by atoms with Crippen molar-refractivity contribution in [3.8, 4) is 0 Å². The maximum atomic E-state index is 13.6. The third-order valence-corrected chi connectivity index (χ3v) is 10.8. The number of esters is 2. The first-order chi connectivity index (χ1) is 30.5. The molecular formula is C49H77ClN4O12. The molecule has 0 unspecified atom stereocenters. The lowest BCUT2D eigenvalue weighted by Crippen LogP contribution is -2.57. The van der Waals surface area contributed by atoms with Gasteiger partial charge in [0.15, 0.2) is 0 Å². The monoisotopic (exact) mass is 949 g/mol. The van der Waals surface area contributed by atoms with Crippen LogP contribution in [0.1, 0.15) is 99.1 Å². The van der Waals surface area contributed by atoms with Crippen LogP contribution < -0.4 is 11.1 Å². The van der Waals surface area contributed by atoms with Crippen molar-refractivity contribution < 1.29 is 57.1 Å². The lowest BCUT2D eigenvalue weighted by Gasteiger charge is -2.35. The zero-order valence-corrected chi connectivity index (χ0v) is 41.8. The minimum Gasteiger partial charge on any atom is -0.467 e. The van der Waals surface area contributed by atoms with Crippen LogP contribution in [0.25, 0.3) is 0 Å². The third kappa shape index (κ3) is 19.5. The van der Waals surface area contributed by atoms with Crippen LogP contribution in [0.15, 0.2) is 60.7 Å². The zero-order valence-electron chi connectivity index (χ0n) is 41.0. The van der Waals surface area contributed by atoms with Crippen LogP contribution in [0, 0.1) is 10.8 Å². The maximum Gasteiger partial charge on any atom is 0.408 e. The number of nitrogens with one attached hydrogen (secondary N) is 1. The fourth-order valence-electron chi connectivity index (χ4n) is 7.18. The normalized spacial score (nSPS) is 19.4. The molecule has 0 bridgehead atoms. The molecule has 2 aromatic rings. The summed E-state index contributed by atoms with van der Waals surface area (Å²) in [5.74, 6) is -1.56. The van der Waals surface area contributed by atoms with Gasteiger partial charge in [-0.2, -0.15) is 0 Å². The molecule has 2 saturated heterocycles. The molecule has 0 spiro atoms.